The zero-order chi connectivity index (χ0) is 41.8. The van der Waals surface area contributed by atoms with Crippen molar-refractivity contribution in [3.8, 4) is 0 Å². The molecule has 1 saturated carbocycles. The number of nitrogens with zero attached hydrogens (tertiary/aromatic N) is 5. The third kappa shape index (κ3) is 9.94. The van der Waals surface area contributed by atoms with Crippen LogP contribution in [0, 0.1) is 17.6 Å². The van der Waals surface area contributed by atoms with Gasteiger partial charge in [0.25, 0.3) is 11.5 Å². The van der Waals surface area contributed by atoms with E-state index in [1.165, 1.54) is 0 Å². The van der Waals surface area contributed by atoms with Crippen LogP contribution in [0.1, 0.15) is 72.5 Å². The van der Waals surface area contributed by atoms with E-state index in [1.54, 1.807) is 36.0 Å². The lowest BCUT2D eigenvalue weighted by atomic mass is 9.88. The molecule has 1 atom stereocenters. The number of anilines is 1. The van der Waals surface area contributed by atoms with Crippen LogP contribution in [0.25, 0.3) is 21.8 Å². The standard InChI is InChI=1S/C44H48ClF2N7O5/c1-52(2)18-14-37(55)51-40-34(46)23-32-39(38(40)47)49-26-54(43(32)58)25-44(59)15-19-53(20-16-44)42(57)30(21-27-7-4-3-5-8-27)9-6-17-48-41(56)29-12-13-31-33(45)24-35(28-10-11-28)50-36(31)22-29/h3-5,7-8,12-13,22-24,26,28,30,59H,6,9-11,14-21,25H2,1-2H3,(H,48,56)(H,51,55)/t30-/m1/s1. The Kier molecular flexibility index (Phi) is 12.7. The van der Waals surface area contributed by atoms with Crippen molar-refractivity contribution in [1.29, 1.82) is 0 Å². The molecule has 310 valence electrons. The van der Waals surface area contributed by atoms with Gasteiger partial charge in [0.1, 0.15) is 11.2 Å². The maximum absolute atomic E-state index is 15.4. The SMILES string of the molecule is CN(C)CCC(=O)Nc1c(F)cc2c(=O)n(CC3(O)CCN(C(=O)[C@H](CCCNC(=O)c4ccc5c(Cl)cc(C6CC6)nc5c4)Cc4ccccc4)CC3)cnc2c1F. The molecular weight excluding hydrogens is 780 g/mol. The number of carbonyl (C=O) groups is 3. The van der Waals surface area contributed by atoms with E-state index in [9.17, 15) is 24.3 Å². The first kappa shape index (κ1) is 41.8. The molecule has 0 unspecified atom stereocenters. The van der Waals surface area contributed by atoms with E-state index < -0.39 is 39.9 Å². The predicted molar refractivity (Wildman–Crippen MR) is 222 cm³/mol. The number of fused-ring (bicyclic) bond motifs is 2. The van der Waals surface area contributed by atoms with E-state index in [-0.39, 0.29) is 62.0 Å². The van der Waals surface area contributed by atoms with Crippen LogP contribution in [-0.4, -0.2) is 93.0 Å². The van der Waals surface area contributed by atoms with Crippen LogP contribution >= 0.6 is 11.6 Å². The molecule has 2 fully saturated rings. The molecule has 15 heteroatoms. The minimum absolute atomic E-state index is 0.0111. The van der Waals surface area contributed by atoms with E-state index in [4.69, 9.17) is 16.6 Å². The van der Waals surface area contributed by atoms with Crippen LogP contribution in [0.15, 0.2) is 71.8 Å². The number of pyridine rings is 1. The van der Waals surface area contributed by atoms with Gasteiger partial charge in [0.15, 0.2) is 11.6 Å². The highest BCUT2D eigenvalue weighted by molar-refractivity contribution is 6.35. The first-order chi connectivity index (χ1) is 28.3. The summed E-state index contributed by atoms with van der Waals surface area (Å²) in [5, 5.41) is 17.9. The normalized spacial score (nSPS) is 15.7. The molecule has 2 aliphatic rings. The molecule has 3 heterocycles. The second kappa shape index (κ2) is 17.9. The van der Waals surface area contributed by atoms with Gasteiger partial charge in [0, 0.05) is 61.1 Å². The number of hydrogen-bond acceptors (Lipinski definition) is 8. The van der Waals surface area contributed by atoms with Gasteiger partial charge >= 0.3 is 0 Å². The summed E-state index contributed by atoms with van der Waals surface area (Å²) in [4.78, 5) is 65.2. The van der Waals surface area contributed by atoms with Gasteiger partial charge in [-0.15, -0.1) is 0 Å². The van der Waals surface area contributed by atoms with Crippen LogP contribution in [0.5, 0.6) is 0 Å². The number of halogens is 3. The molecule has 59 heavy (non-hydrogen) atoms. The summed E-state index contributed by atoms with van der Waals surface area (Å²) in [6.45, 7) is 1.00. The molecule has 0 spiro atoms. The number of aliphatic hydroxyl groups is 1. The molecule has 7 rings (SSSR count). The molecular formula is C44H48ClF2N7O5. The van der Waals surface area contributed by atoms with E-state index >= 15 is 8.78 Å². The molecule has 1 aliphatic heterocycles. The maximum atomic E-state index is 15.4. The molecule has 2 aromatic heterocycles. The smallest absolute Gasteiger partial charge is 0.261 e. The highest BCUT2D eigenvalue weighted by Gasteiger charge is 2.37. The zero-order valence-corrected chi connectivity index (χ0v) is 33.9. The Morgan fingerprint density at radius 2 is 1.78 bits per heavy atom. The third-order valence-corrected chi connectivity index (χ3v) is 11.6. The lowest BCUT2D eigenvalue weighted by molar-refractivity contribution is -0.140. The number of aromatic nitrogens is 3. The monoisotopic (exact) mass is 827 g/mol. The Morgan fingerprint density at radius 3 is 2.49 bits per heavy atom. The number of nitrogens with one attached hydrogen (secondary N) is 2. The number of benzene rings is 3. The van der Waals surface area contributed by atoms with Gasteiger partial charge in [-0.05, 0) is 88.9 Å². The molecule has 0 bridgehead atoms. The lowest BCUT2D eigenvalue weighted by Crippen LogP contribution is -2.51. The molecule has 3 aromatic carbocycles. The Hall–Kier alpha value is -5.31. The van der Waals surface area contributed by atoms with Crippen molar-refractivity contribution in [2.75, 3.05) is 45.6 Å². The number of hydrogen-bond donors (Lipinski definition) is 3. The van der Waals surface area contributed by atoms with E-state index in [0.29, 0.717) is 54.4 Å². The molecule has 1 aliphatic carbocycles. The highest BCUT2D eigenvalue weighted by atomic mass is 35.5. The third-order valence-electron chi connectivity index (χ3n) is 11.3. The van der Waals surface area contributed by atoms with E-state index in [2.05, 4.69) is 15.6 Å². The van der Waals surface area contributed by atoms with Gasteiger partial charge in [0.2, 0.25) is 11.8 Å². The number of rotatable bonds is 15. The fourth-order valence-corrected chi connectivity index (χ4v) is 7.93. The van der Waals surface area contributed by atoms with Crippen molar-refractivity contribution < 1.29 is 28.3 Å². The van der Waals surface area contributed by atoms with Gasteiger partial charge in [-0.25, -0.2) is 13.8 Å². The van der Waals surface area contributed by atoms with Crippen LogP contribution in [0.4, 0.5) is 14.5 Å². The Bertz CT molecular complexity index is 2430. The first-order valence-corrected chi connectivity index (χ1v) is 20.4. The Morgan fingerprint density at radius 1 is 1.03 bits per heavy atom. The number of amides is 3. The van der Waals surface area contributed by atoms with Crippen molar-refractivity contribution >= 4 is 56.8 Å². The van der Waals surface area contributed by atoms with Crippen molar-refractivity contribution in [1.82, 2.24) is 29.7 Å². The summed E-state index contributed by atoms with van der Waals surface area (Å²) in [5.74, 6) is -3.11. The number of likely N-dealkylation sites (tertiary alicyclic amines) is 1. The average molecular weight is 828 g/mol. The average Bonchev–Trinajstić information content (AvgIpc) is 4.07. The molecule has 3 amide bonds. The van der Waals surface area contributed by atoms with Crippen LogP contribution < -0.4 is 16.2 Å². The van der Waals surface area contributed by atoms with E-state index in [1.807, 2.05) is 42.5 Å². The largest absolute Gasteiger partial charge is 0.388 e. The summed E-state index contributed by atoms with van der Waals surface area (Å²) < 4.78 is 31.5. The van der Waals surface area contributed by atoms with E-state index in [0.717, 1.165) is 46.4 Å². The topological polar surface area (TPSA) is 150 Å². The number of carbonyl (C=O) groups excluding carboxylic acids is 3. The van der Waals surface area contributed by atoms with Gasteiger partial charge in [-0.2, -0.15) is 0 Å². The molecule has 1 saturated heterocycles. The van der Waals surface area contributed by atoms with Crippen molar-refractivity contribution in [3.63, 3.8) is 0 Å². The predicted octanol–water partition coefficient (Wildman–Crippen LogP) is 6.07. The Labute approximate surface area is 345 Å². The number of piperidine rings is 1. The second-order valence-electron chi connectivity index (χ2n) is 16.1. The summed E-state index contributed by atoms with van der Waals surface area (Å²) in [6, 6.07) is 17.8. The van der Waals surface area contributed by atoms with Gasteiger partial charge in [-0.3, -0.25) is 28.7 Å². The Balaban J connectivity index is 0.967. The van der Waals surface area contributed by atoms with Crippen molar-refractivity contribution in [2.45, 2.75) is 69.4 Å². The summed E-state index contributed by atoms with van der Waals surface area (Å²) in [5.41, 5.74) is -0.0801. The fraction of sp³-hybridized carbons (Fsp3) is 0.409. The van der Waals surface area contributed by atoms with Gasteiger partial charge in [0.05, 0.1) is 34.4 Å². The molecule has 5 aromatic rings. The maximum Gasteiger partial charge on any atom is 0.261 e. The van der Waals surface area contributed by atoms with Gasteiger partial charge < -0.3 is 25.5 Å². The lowest BCUT2D eigenvalue weighted by Gasteiger charge is -2.39. The molecule has 3 N–H and O–H groups in total. The van der Waals surface area contributed by atoms with Crippen molar-refractivity contribution in [2.24, 2.45) is 5.92 Å². The van der Waals surface area contributed by atoms with Crippen LogP contribution in [0.3, 0.4) is 0 Å². The second-order valence-corrected chi connectivity index (χ2v) is 16.5. The fourth-order valence-electron chi connectivity index (χ4n) is 7.66. The highest BCUT2D eigenvalue weighted by Crippen LogP contribution is 2.41. The summed E-state index contributed by atoms with van der Waals surface area (Å²) >= 11 is 6.51. The minimum Gasteiger partial charge on any atom is -0.388 e. The first-order valence-electron chi connectivity index (χ1n) is 20.0. The van der Waals surface area contributed by atoms with Gasteiger partial charge in [-0.1, -0.05) is 48.0 Å². The van der Waals surface area contributed by atoms with Crippen molar-refractivity contribution in [3.05, 3.63) is 111 Å². The molecule has 12 nitrogen and oxygen atoms in total. The minimum atomic E-state index is -1.39. The van der Waals surface area contributed by atoms with Crippen LogP contribution in [-0.2, 0) is 22.6 Å². The van der Waals surface area contributed by atoms with Crippen LogP contribution in [0.2, 0.25) is 5.02 Å². The quantitative estimate of drug-likeness (QED) is 0.108. The zero-order valence-electron chi connectivity index (χ0n) is 33.1. The summed E-state index contributed by atoms with van der Waals surface area (Å²) in [6.07, 6.45) is 5.18. The molecule has 0 radical (unpaired) electrons. The summed E-state index contributed by atoms with van der Waals surface area (Å²) in [7, 11) is 3.53.